The summed E-state index contributed by atoms with van der Waals surface area (Å²) in [7, 11) is 0. The van der Waals surface area contributed by atoms with Gasteiger partial charge in [0.2, 0.25) is 4.96 Å². The molecule has 2 aromatic rings. The summed E-state index contributed by atoms with van der Waals surface area (Å²) in [4.78, 5) is 0.936. The molecule has 0 aromatic carbocycles. The van der Waals surface area contributed by atoms with Gasteiger partial charge in [-0.25, -0.2) is 0 Å². The zero-order valence-corrected chi connectivity index (χ0v) is 13.2. The fraction of sp³-hybridized carbons (Fsp3) is 0.786. The summed E-state index contributed by atoms with van der Waals surface area (Å²) in [5, 5.41) is 18.3. The zero-order valence-electron chi connectivity index (χ0n) is 12.3. The predicted molar refractivity (Wildman–Crippen MR) is 80.9 cm³/mol. The van der Waals surface area contributed by atoms with Crippen molar-refractivity contribution in [1.82, 2.24) is 25.1 Å². The number of rotatable bonds is 2. The van der Waals surface area contributed by atoms with Gasteiger partial charge in [0.25, 0.3) is 0 Å². The van der Waals surface area contributed by atoms with E-state index in [-0.39, 0.29) is 5.41 Å². The third-order valence-corrected chi connectivity index (χ3v) is 6.03. The van der Waals surface area contributed by atoms with Crippen LogP contribution >= 0.6 is 11.3 Å². The van der Waals surface area contributed by atoms with Crippen LogP contribution in [0.5, 0.6) is 0 Å². The maximum atomic E-state index is 5.44. The van der Waals surface area contributed by atoms with Gasteiger partial charge in [-0.2, -0.15) is 9.61 Å². The summed E-state index contributed by atoms with van der Waals surface area (Å²) in [5.41, 5.74) is 0.184. The summed E-state index contributed by atoms with van der Waals surface area (Å²) < 4.78 is 7.43. The molecule has 6 nitrogen and oxygen atoms in total. The highest BCUT2D eigenvalue weighted by Crippen LogP contribution is 2.36. The molecule has 2 fully saturated rings. The van der Waals surface area contributed by atoms with Gasteiger partial charge in [-0.1, -0.05) is 18.3 Å². The Bertz CT molecular complexity index is 624. The summed E-state index contributed by atoms with van der Waals surface area (Å²) >= 11 is 1.71. The minimum atomic E-state index is 0.184. The van der Waals surface area contributed by atoms with Crippen molar-refractivity contribution in [2.45, 2.75) is 43.9 Å². The Morgan fingerprint density at radius 1 is 1.24 bits per heavy atom. The first-order valence-corrected chi connectivity index (χ1v) is 8.59. The van der Waals surface area contributed by atoms with Gasteiger partial charge in [0.1, 0.15) is 5.01 Å². The second kappa shape index (κ2) is 5.30. The van der Waals surface area contributed by atoms with Crippen molar-refractivity contribution < 1.29 is 4.74 Å². The average Bonchev–Trinajstić information content (AvgIpc) is 3.09. The molecular formula is C14H21N5OS. The van der Waals surface area contributed by atoms with Crippen LogP contribution in [-0.2, 0) is 10.2 Å². The SMILES string of the molecule is CC1(c2nn3c(C4CCOCC4)nnc3s2)CCNCC1. The summed E-state index contributed by atoms with van der Waals surface area (Å²) in [5.74, 6) is 1.46. The standard InChI is InChI=1S/C14H21N5OS/c1-14(4-6-15-7-5-14)12-18-19-11(16-17-13(19)21-12)10-2-8-20-9-3-10/h10,15H,2-9H2,1H3. The van der Waals surface area contributed by atoms with Gasteiger partial charge in [-0.15, -0.1) is 10.2 Å². The number of ether oxygens (including phenoxy) is 1. The van der Waals surface area contributed by atoms with Crippen LogP contribution in [-0.4, -0.2) is 46.1 Å². The average molecular weight is 307 g/mol. The van der Waals surface area contributed by atoms with E-state index in [0.717, 1.165) is 62.8 Å². The highest BCUT2D eigenvalue weighted by Gasteiger charge is 2.33. The fourth-order valence-electron chi connectivity index (χ4n) is 3.28. The Kier molecular flexibility index (Phi) is 3.43. The van der Waals surface area contributed by atoms with Crippen molar-refractivity contribution >= 4 is 16.3 Å². The van der Waals surface area contributed by atoms with E-state index in [4.69, 9.17) is 9.84 Å². The van der Waals surface area contributed by atoms with Crippen molar-refractivity contribution in [3.8, 4) is 0 Å². The molecule has 0 amide bonds. The third-order valence-electron chi connectivity index (χ3n) is 4.82. The zero-order chi connectivity index (χ0) is 14.3. The van der Waals surface area contributed by atoms with E-state index in [9.17, 15) is 0 Å². The summed E-state index contributed by atoms with van der Waals surface area (Å²) in [6, 6.07) is 0. The van der Waals surface area contributed by atoms with Crippen LogP contribution in [0.4, 0.5) is 0 Å². The molecule has 0 unspecified atom stereocenters. The first-order valence-electron chi connectivity index (χ1n) is 7.77. The van der Waals surface area contributed by atoms with Crippen LogP contribution in [0.1, 0.15) is 49.4 Å². The van der Waals surface area contributed by atoms with E-state index in [2.05, 4.69) is 22.4 Å². The normalized spacial score (nSPS) is 23.7. The number of fused-ring (bicyclic) bond motifs is 1. The molecule has 0 saturated carbocycles. The third kappa shape index (κ3) is 2.37. The maximum absolute atomic E-state index is 5.44. The molecule has 2 aromatic heterocycles. The van der Waals surface area contributed by atoms with Crippen molar-refractivity contribution in [2.24, 2.45) is 0 Å². The number of hydrogen-bond donors (Lipinski definition) is 1. The molecule has 2 aliphatic heterocycles. The fourth-order valence-corrected chi connectivity index (χ4v) is 4.33. The number of nitrogens with one attached hydrogen (secondary N) is 1. The van der Waals surface area contributed by atoms with Gasteiger partial charge >= 0.3 is 0 Å². The van der Waals surface area contributed by atoms with Gasteiger partial charge in [-0.05, 0) is 38.8 Å². The molecule has 114 valence electrons. The van der Waals surface area contributed by atoms with E-state index in [0.29, 0.717) is 5.92 Å². The van der Waals surface area contributed by atoms with Crippen molar-refractivity contribution in [3.63, 3.8) is 0 Å². The lowest BCUT2D eigenvalue weighted by Crippen LogP contribution is -2.37. The lowest BCUT2D eigenvalue weighted by Gasteiger charge is -2.31. The van der Waals surface area contributed by atoms with E-state index in [1.165, 1.54) is 5.01 Å². The highest BCUT2D eigenvalue weighted by atomic mass is 32.1. The Balaban J connectivity index is 1.68. The van der Waals surface area contributed by atoms with Gasteiger partial charge in [-0.3, -0.25) is 0 Å². The van der Waals surface area contributed by atoms with E-state index in [1.807, 2.05) is 4.52 Å². The number of hydrogen-bond acceptors (Lipinski definition) is 6. The Morgan fingerprint density at radius 3 is 2.76 bits per heavy atom. The summed E-state index contributed by atoms with van der Waals surface area (Å²) in [6.07, 6.45) is 4.33. The van der Waals surface area contributed by atoms with Gasteiger partial charge in [0, 0.05) is 24.5 Å². The van der Waals surface area contributed by atoms with Crippen LogP contribution in [0.15, 0.2) is 0 Å². The van der Waals surface area contributed by atoms with Crippen LogP contribution < -0.4 is 5.32 Å². The second-order valence-corrected chi connectivity index (χ2v) is 7.31. The first kappa shape index (κ1) is 13.6. The largest absolute Gasteiger partial charge is 0.381 e. The van der Waals surface area contributed by atoms with Gasteiger partial charge < -0.3 is 10.1 Å². The molecule has 0 atom stereocenters. The lowest BCUT2D eigenvalue weighted by atomic mass is 9.82. The van der Waals surface area contributed by atoms with E-state index >= 15 is 0 Å². The molecule has 0 radical (unpaired) electrons. The van der Waals surface area contributed by atoms with Crippen LogP contribution in [0, 0.1) is 0 Å². The Morgan fingerprint density at radius 2 is 2.00 bits per heavy atom. The van der Waals surface area contributed by atoms with Crippen LogP contribution in [0.25, 0.3) is 4.96 Å². The highest BCUT2D eigenvalue weighted by molar-refractivity contribution is 7.16. The topological polar surface area (TPSA) is 64.3 Å². The molecule has 0 aliphatic carbocycles. The Labute approximate surface area is 127 Å². The summed E-state index contributed by atoms with van der Waals surface area (Å²) in [6.45, 7) is 6.11. The number of aromatic nitrogens is 4. The quantitative estimate of drug-likeness (QED) is 0.915. The number of piperidine rings is 1. The molecule has 7 heteroatoms. The van der Waals surface area contributed by atoms with E-state index in [1.54, 1.807) is 11.3 Å². The van der Waals surface area contributed by atoms with Crippen LogP contribution in [0.2, 0.25) is 0 Å². The predicted octanol–water partition coefficient (Wildman–Crippen LogP) is 1.72. The number of nitrogens with zero attached hydrogens (tertiary/aromatic N) is 4. The molecule has 4 rings (SSSR count). The van der Waals surface area contributed by atoms with E-state index < -0.39 is 0 Å². The van der Waals surface area contributed by atoms with Crippen LogP contribution in [0.3, 0.4) is 0 Å². The molecule has 21 heavy (non-hydrogen) atoms. The molecule has 4 heterocycles. The molecular weight excluding hydrogens is 286 g/mol. The Hall–Kier alpha value is -1.05. The van der Waals surface area contributed by atoms with Crippen molar-refractivity contribution in [3.05, 3.63) is 10.8 Å². The molecule has 2 saturated heterocycles. The van der Waals surface area contributed by atoms with Gasteiger partial charge in [0.05, 0.1) is 0 Å². The van der Waals surface area contributed by atoms with Crippen molar-refractivity contribution in [2.75, 3.05) is 26.3 Å². The van der Waals surface area contributed by atoms with Gasteiger partial charge in [0.15, 0.2) is 5.82 Å². The molecule has 1 N–H and O–H groups in total. The molecule has 0 bridgehead atoms. The minimum Gasteiger partial charge on any atom is -0.381 e. The lowest BCUT2D eigenvalue weighted by molar-refractivity contribution is 0.0831. The minimum absolute atomic E-state index is 0.184. The smallest absolute Gasteiger partial charge is 0.234 e. The molecule has 2 aliphatic rings. The molecule has 0 spiro atoms. The second-order valence-electron chi connectivity index (χ2n) is 6.36. The first-order chi connectivity index (χ1) is 10.3. The van der Waals surface area contributed by atoms with Crippen molar-refractivity contribution in [1.29, 1.82) is 0 Å². The maximum Gasteiger partial charge on any atom is 0.234 e. The monoisotopic (exact) mass is 307 g/mol.